The largest absolute Gasteiger partial charge is 0.494 e. The Labute approximate surface area is 129 Å². The smallest absolute Gasteiger partial charge is 0.145 e. The number of ether oxygens (including phenoxy) is 3. The Morgan fingerprint density at radius 1 is 1.14 bits per heavy atom. The Balaban J connectivity index is 2.08. The molecule has 2 aromatic rings. The number of pyridine rings is 1. The van der Waals surface area contributed by atoms with Crippen LogP contribution in [0.2, 0.25) is 0 Å². The van der Waals surface area contributed by atoms with E-state index in [1.165, 1.54) is 0 Å². The topological polar surface area (TPSA) is 72.8 Å². The van der Waals surface area contributed by atoms with Crippen molar-refractivity contribution in [1.82, 2.24) is 4.98 Å². The van der Waals surface area contributed by atoms with Crippen molar-refractivity contribution in [3.05, 3.63) is 42.2 Å². The highest BCUT2D eigenvalue weighted by atomic mass is 16.5. The highest BCUT2D eigenvalue weighted by Gasteiger charge is 2.06. The van der Waals surface area contributed by atoms with Gasteiger partial charge in [0.25, 0.3) is 0 Å². The molecule has 6 heteroatoms. The van der Waals surface area contributed by atoms with E-state index in [9.17, 15) is 0 Å². The summed E-state index contributed by atoms with van der Waals surface area (Å²) in [7, 11) is 3.22. The summed E-state index contributed by atoms with van der Waals surface area (Å²) in [6, 6.07) is 9.14. The van der Waals surface area contributed by atoms with Crippen LogP contribution in [0.4, 0.5) is 5.69 Å². The van der Waals surface area contributed by atoms with Crippen molar-refractivity contribution in [3.63, 3.8) is 0 Å². The second kappa shape index (κ2) is 8.21. The molecule has 0 spiro atoms. The van der Waals surface area contributed by atoms with Crippen LogP contribution in [-0.2, 0) is 11.3 Å². The first-order valence-corrected chi connectivity index (χ1v) is 6.91. The average Bonchev–Trinajstić information content (AvgIpc) is 2.55. The summed E-state index contributed by atoms with van der Waals surface area (Å²) in [5.74, 6) is 1.93. The normalized spacial score (nSPS) is 10.3. The quantitative estimate of drug-likeness (QED) is 0.780. The zero-order valence-corrected chi connectivity index (χ0v) is 12.7. The van der Waals surface area contributed by atoms with E-state index < -0.39 is 0 Å². The predicted molar refractivity (Wildman–Crippen MR) is 83.6 cm³/mol. The summed E-state index contributed by atoms with van der Waals surface area (Å²) in [5.41, 5.74) is 1.65. The van der Waals surface area contributed by atoms with Gasteiger partial charge in [-0.1, -0.05) is 0 Å². The molecule has 2 N–H and O–H groups in total. The third-order valence-electron chi connectivity index (χ3n) is 2.93. The number of hydrogen-bond acceptors (Lipinski definition) is 6. The van der Waals surface area contributed by atoms with Crippen LogP contribution in [0.25, 0.3) is 0 Å². The lowest BCUT2D eigenvalue weighted by Gasteiger charge is -2.12. The Kier molecular flexibility index (Phi) is 6.00. The standard InChI is InChI=1S/C16H20N2O4/c1-20-11-12-3-4-14(10-18-12)22-13-5-6-15(17-7-8-19)16(9-13)21-2/h3-6,9-10,17,19H,7-8,11H2,1-2H3. The van der Waals surface area contributed by atoms with Crippen molar-refractivity contribution < 1.29 is 19.3 Å². The Hall–Kier alpha value is -2.31. The third-order valence-corrected chi connectivity index (χ3v) is 2.93. The predicted octanol–water partition coefficient (Wildman–Crippen LogP) is 2.43. The van der Waals surface area contributed by atoms with E-state index in [0.29, 0.717) is 30.4 Å². The fourth-order valence-corrected chi connectivity index (χ4v) is 1.91. The SMILES string of the molecule is COCc1ccc(Oc2ccc(NCCO)c(OC)c2)cn1. The maximum absolute atomic E-state index is 8.86. The maximum atomic E-state index is 8.86. The third kappa shape index (κ3) is 4.34. The molecule has 0 saturated heterocycles. The molecule has 6 nitrogen and oxygen atoms in total. The van der Waals surface area contributed by atoms with Gasteiger partial charge < -0.3 is 24.6 Å². The van der Waals surface area contributed by atoms with Gasteiger partial charge in [-0.25, -0.2) is 0 Å². The van der Waals surface area contributed by atoms with Crippen LogP contribution in [0, 0.1) is 0 Å². The molecule has 22 heavy (non-hydrogen) atoms. The van der Waals surface area contributed by atoms with E-state index in [4.69, 9.17) is 19.3 Å². The summed E-state index contributed by atoms with van der Waals surface area (Å²) in [4.78, 5) is 4.24. The Bertz CT molecular complexity index is 587. The van der Waals surface area contributed by atoms with Gasteiger partial charge in [-0.15, -0.1) is 0 Å². The molecule has 0 bridgehead atoms. The number of methoxy groups -OCH3 is 2. The van der Waals surface area contributed by atoms with Crippen LogP contribution in [0.5, 0.6) is 17.2 Å². The Morgan fingerprint density at radius 2 is 1.95 bits per heavy atom. The first-order valence-electron chi connectivity index (χ1n) is 6.91. The van der Waals surface area contributed by atoms with Gasteiger partial charge in [0.1, 0.15) is 17.2 Å². The van der Waals surface area contributed by atoms with Crippen LogP contribution in [-0.4, -0.2) is 37.5 Å². The fraction of sp³-hybridized carbons (Fsp3) is 0.312. The van der Waals surface area contributed by atoms with E-state index in [0.717, 1.165) is 11.4 Å². The molecular weight excluding hydrogens is 284 g/mol. The molecule has 0 atom stereocenters. The van der Waals surface area contributed by atoms with Gasteiger partial charge >= 0.3 is 0 Å². The van der Waals surface area contributed by atoms with Crippen molar-refractivity contribution in [3.8, 4) is 17.2 Å². The van der Waals surface area contributed by atoms with Gasteiger partial charge in [0.05, 0.1) is 37.9 Å². The highest BCUT2D eigenvalue weighted by molar-refractivity contribution is 5.59. The second-order valence-electron chi connectivity index (χ2n) is 4.53. The van der Waals surface area contributed by atoms with E-state index in [1.54, 1.807) is 26.5 Å². The zero-order chi connectivity index (χ0) is 15.8. The number of aliphatic hydroxyl groups is 1. The molecule has 1 aromatic heterocycles. The molecule has 0 amide bonds. The minimum atomic E-state index is 0.0564. The summed E-state index contributed by atoms with van der Waals surface area (Å²) in [6.45, 7) is 0.988. The number of hydrogen-bond donors (Lipinski definition) is 2. The molecule has 0 aliphatic rings. The van der Waals surface area contributed by atoms with Crippen LogP contribution >= 0.6 is 0 Å². The molecule has 2 rings (SSSR count). The van der Waals surface area contributed by atoms with Crippen LogP contribution < -0.4 is 14.8 Å². The lowest BCUT2D eigenvalue weighted by Crippen LogP contribution is -2.06. The number of aromatic nitrogens is 1. The van der Waals surface area contributed by atoms with Crippen molar-refractivity contribution in [2.45, 2.75) is 6.61 Å². The lowest BCUT2D eigenvalue weighted by atomic mass is 10.2. The zero-order valence-electron chi connectivity index (χ0n) is 12.7. The van der Waals surface area contributed by atoms with Gasteiger partial charge in [-0.2, -0.15) is 0 Å². The van der Waals surface area contributed by atoms with Crippen molar-refractivity contribution >= 4 is 5.69 Å². The van der Waals surface area contributed by atoms with E-state index >= 15 is 0 Å². The van der Waals surface area contributed by atoms with Crippen molar-refractivity contribution in [2.24, 2.45) is 0 Å². The first-order chi connectivity index (χ1) is 10.8. The molecular formula is C16H20N2O4. The minimum absolute atomic E-state index is 0.0564. The molecule has 0 aliphatic heterocycles. The number of nitrogens with zero attached hydrogens (tertiary/aromatic N) is 1. The van der Waals surface area contributed by atoms with E-state index in [2.05, 4.69) is 10.3 Å². The summed E-state index contributed by atoms with van der Waals surface area (Å²) in [5, 5.41) is 11.9. The van der Waals surface area contributed by atoms with Gasteiger partial charge in [0, 0.05) is 19.7 Å². The summed E-state index contributed by atoms with van der Waals surface area (Å²) < 4.78 is 16.1. The number of benzene rings is 1. The Morgan fingerprint density at radius 3 is 2.59 bits per heavy atom. The van der Waals surface area contributed by atoms with Crippen LogP contribution in [0.15, 0.2) is 36.5 Å². The van der Waals surface area contributed by atoms with Gasteiger partial charge in [-0.3, -0.25) is 4.98 Å². The van der Waals surface area contributed by atoms with Gasteiger partial charge in [0.2, 0.25) is 0 Å². The molecule has 0 radical (unpaired) electrons. The lowest BCUT2D eigenvalue weighted by molar-refractivity contribution is 0.181. The second-order valence-corrected chi connectivity index (χ2v) is 4.53. The van der Waals surface area contributed by atoms with Crippen LogP contribution in [0.1, 0.15) is 5.69 Å². The van der Waals surface area contributed by atoms with Crippen LogP contribution in [0.3, 0.4) is 0 Å². The van der Waals surface area contributed by atoms with Crippen molar-refractivity contribution in [1.29, 1.82) is 0 Å². The first kappa shape index (κ1) is 16.1. The monoisotopic (exact) mass is 304 g/mol. The van der Waals surface area contributed by atoms with Crippen molar-refractivity contribution in [2.75, 3.05) is 32.7 Å². The molecule has 0 aliphatic carbocycles. The molecule has 1 heterocycles. The number of anilines is 1. The summed E-state index contributed by atoms with van der Waals surface area (Å²) >= 11 is 0. The molecule has 0 unspecified atom stereocenters. The fourth-order valence-electron chi connectivity index (χ4n) is 1.91. The average molecular weight is 304 g/mol. The number of rotatable bonds is 8. The maximum Gasteiger partial charge on any atom is 0.145 e. The highest BCUT2D eigenvalue weighted by Crippen LogP contribution is 2.31. The van der Waals surface area contributed by atoms with Gasteiger partial charge in [0.15, 0.2) is 0 Å². The van der Waals surface area contributed by atoms with E-state index in [1.807, 2.05) is 24.3 Å². The molecule has 0 fully saturated rings. The molecule has 118 valence electrons. The summed E-state index contributed by atoms with van der Waals surface area (Å²) in [6.07, 6.45) is 1.65. The minimum Gasteiger partial charge on any atom is -0.494 e. The van der Waals surface area contributed by atoms with E-state index in [-0.39, 0.29) is 6.61 Å². The van der Waals surface area contributed by atoms with Gasteiger partial charge in [-0.05, 0) is 24.3 Å². The number of aliphatic hydroxyl groups excluding tert-OH is 1. The number of nitrogens with one attached hydrogen (secondary N) is 1. The molecule has 0 saturated carbocycles. The molecule has 1 aromatic carbocycles.